The molecule has 0 spiro atoms. The molecule has 0 saturated carbocycles. The van der Waals surface area contributed by atoms with Gasteiger partial charge in [0.2, 0.25) is 0 Å². The Balaban J connectivity index is 2.19. The van der Waals surface area contributed by atoms with Crippen LogP contribution in [-0.4, -0.2) is 24.0 Å². The number of nitrogens with zero attached hydrogens (tertiary/aromatic N) is 1. The topological polar surface area (TPSA) is 29.3 Å². The first-order chi connectivity index (χ1) is 3.79. The van der Waals surface area contributed by atoms with E-state index in [4.69, 9.17) is 12.8 Å². The minimum absolute atomic E-state index is 0.358. The van der Waals surface area contributed by atoms with E-state index >= 15 is 0 Å². The molecular weight excluding hydrogens is 100 g/mol. The molecule has 3 radical (unpaired) electrons. The van der Waals surface area contributed by atoms with Crippen molar-refractivity contribution in [1.29, 1.82) is 0 Å². The predicted octanol–water partition coefficient (Wildman–Crippen LogP) is -0.0449. The normalized spacial score (nSPS) is 26.2. The fourth-order valence-corrected chi connectivity index (χ4v) is 0.899. The van der Waals surface area contributed by atoms with Crippen molar-refractivity contribution in [1.82, 2.24) is 4.90 Å². The highest BCUT2D eigenvalue weighted by atomic mass is 15.1. The maximum absolute atomic E-state index is 7.14. The smallest absolute Gasteiger partial charge is 0.0882 e. The summed E-state index contributed by atoms with van der Waals surface area (Å²) >= 11 is 0. The van der Waals surface area contributed by atoms with Crippen molar-refractivity contribution in [3.05, 3.63) is 7.05 Å². The lowest BCUT2D eigenvalue weighted by Crippen LogP contribution is -2.36. The highest BCUT2D eigenvalue weighted by molar-refractivity contribution is 4.72. The summed E-state index contributed by atoms with van der Waals surface area (Å²) in [6, 6.07) is 0.358. The van der Waals surface area contributed by atoms with Crippen molar-refractivity contribution in [2.75, 3.05) is 13.1 Å². The summed E-state index contributed by atoms with van der Waals surface area (Å²) in [5, 5.41) is 0. The van der Waals surface area contributed by atoms with Gasteiger partial charge in [0, 0.05) is 19.1 Å². The van der Waals surface area contributed by atoms with Crippen LogP contribution in [-0.2, 0) is 0 Å². The molecule has 0 aromatic carbocycles. The van der Waals surface area contributed by atoms with Gasteiger partial charge in [-0.05, 0) is 12.8 Å². The SMILES string of the molecule is [C]N1CCC(N)CC1. The van der Waals surface area contributed by atoms with Crippen LogP contribution in [0.2, 0.25) is 0 Å². The van der Waals surface area contributed by atoms with E-state index in [1.165, 1.54) is 0 Å². The third-order valence-corrected chi connectivity index (χ3v) is 1.54. The van der Waals surface area contributed by atoms with E-state index in [1.807, 2.05) is 0 Å². The van der Waals surface area contributed by atoms with E-state index in [0.717, 1.165) is 25.9 Å². The van der Waals surface area contributed by atoms with Crippen LogP contribution >= 0.6 is 0 Å². The summed E-state index contributed by atoms with van der Waals surface area (Å²) < 4.78 is 0. The average molecular weight is 111 g/mol. The molecule has 2 heteroatoms. The molecule has 2 nitrogen and oxygen atoms in total. The Kier molecular flexibility index (Phi) is 1.86. The predicted molar refractivity (Wildman–Crippen MR) is 32.0 cm³/mol. The zero-order chi connectivity index (χ0) is 5.98. The Labute approximate surface area is 50.7 Å². The van der Waals surface area contributed by atoms with Crippen LogP contribution in [0.4, 0.5) is 0 Å². The number of likely N-dealkylation sites (tertiary alicyclic amines) is 1. The van der Waals surface area contributed by atoms with Crippen molar-refractivity contribution in [3.8, 4) is 0 Å². The van der Waals surface area contributed by atoms with Crippen LogP contribution in [0.15, 0.2) is 0 Å². The summed E-state index contributed by atoms with van der Waals surface area (Å²) in [5.74, 6) is 0. The maximum Gasteiger partial charge on any atom is 0.0882 e. The minimum atomic E-state index is 0.358. The van der Waals surface area contributed by atoms with Gasteiger partial charge >= 0.3 is 0 Å². The number of rotatable bonds is 0. The van der Waals surface area contributed by atoms with E-state index in [2.05, 4.69) is 0 Å². The van der Waals surface area contributed by atoms with Crippen LogP contribution in [0.25, 0.3) is 0 Å². The summed E-state index contributed by atoms with van der Waals surface area (Å²) in [7, 11) is 7.14. The second-order valence-corrected chi connectivity index (χ2v) is 2.32. The molecule has 1 rings (SSSR count). The molecule has 1 aliphatic heterocycles. The molecule has 1 fully saturated rings. The molecule has 0 aromatic heterocycles. The molecule has 0 bridgehead atoms. The second kappa shape index (κ2) is 2.46. The number of nitrogens with two attached hydrogens (primary N) is 1. The first kappa shape index (κ1) is 6.05. The van der Waals surface area contributed by atoms with Crippen LogP contribution in [0.3, 0.4) is 0 Å². The van der Waals surface area contributed by atoms with Crippen LogP contribution in [0.1, 0.15) is 12.8 Å². The molecule has 0 atom stereocenters. The van der Waals surface area contributed by atoms with Crippen LogP contribution in [0, 0.1) is 7.05 Å². The highest BCUT2D eigenvalue weighted by Crippen LogP contribution is 2.05. The third-order valence-electron chi connectivity index (χ3n) is 1.54. The Morgan fingerprint density at radius 3 is 2.25 bits per heavy atom. The zero-order valence-corrected chi connectivity index (χ0v) is 4.93. The molecule has 8 heavy (non-hydrogen) atoms. The third kappa shape index (κ3) is 1.46. The fraction of sp³-hybridized carbons (Fsp3) is 0.833. The fourth-order valence-electron chi connectivity index (χ4n) is 0.899. The van der Waals surface area contributed by atoms with Crippen molar-refractivity contribution in [2.24, 2.45) is 5.73 Å². The number of hydrogen-bond donors (Lipinski definition) is 1. The molecule has 45 valence electrons. The van der Waals surface area contributed by atoms with E-state index in [-0.39, 0.29) is 0 Å². The summed E-state index contributed by atoms with van der Waals surface area (Å²) in [4.78, 5) is 1.57. The van der Waals surface area contributed by atoms with Crippen molar-refractivity contribution >= 4 is 0 Å². The van der Waals surface area contributed by atoms with Gasteiger partial charge in [-0.1, -0.05) is 0 Å². The molecule has 0 unspecified atom stereocenters. The van der Waals surface area contributed by atoms with Gasteiger partial charge in [-0.2, -0.15) is 0 Å². The molecule has 0 amide bonds. The van der Waals surface area contributed by atoms with Gasteiger partial charge in [0.1, 0.15) is 0 Å². The second-order valence-electron chi connectivity index (χ2n) is 2.32. The lowest BCUT2D eigenvalue weighted by atomic mass is 10.1. The summed E-state index contributed by atoms with van der Waals surface area (Å²) in [5.41, 5.74) is 5.59. The van der Waals surface area contributed by atoms with Crippen LogP contribution < -0.4 is 5.73 Å². The molecule has 0 aromatic rings. The number of hydrogen-bond acceptors (Lipinski definition) is 2. The van der Waals surface area contributed by atoms with Crippen molar-refractivity contribution in [3.63, 3.8) is 0 Å². The Hall–Kier alpha value is -0.0800. The first-order valence-corrected chi connectivity index (χ1v) is 3.01. The zero-order valence-electron chi connectivity index (χ0n) is 4.93. The van der Waals surface area contributed by atoms with Crippen LogP contribution in [0.5, 0.6) is 0 Å². The lowest BCUT2D eigenvalue weighted by Gasteiger charge is -2.25. The largest absolute Gasteiger partial charge is 0.328 e. The van der Waals surface area contributed by atoms with Gasteiger partial charge in [-0.3, -0.25) is 4.90 Å². The molecule has 1 heterocycles. The van der Waals surface area contributed by atoms with E-state index in [9.17, 15) is 0 Å². The highest BCUT2D eigenvalue weighted by Gasteiger charge is 2.11. The standard InChI is InChI=1S/C6H11N2/c1-8-4-2-6(7)3-5-8/h6H,2-5,7H2. The average Bonchev–Trinajstić information content (AvgIpc) is 1.77. The molecule has 2 N–H and O–H groups in total. The van der Waals surface area contributed by atoms with Crippen molar-refractivity contribution in [2.45, 2.75) is 18.9 Å². The monoisotopic (exact) mass is 111 g/mol. The van der Waals surface area contributed by atoms with E-state index < -0.39 is 0 Å². The van der Waals surface area contributed by atoms with Gasteiger partial charge < -0.3 is 5.73 Å². The quantitative estimate of drug-likeness (QED) is 0.475. The molecule has 1 aliphatic rings. The molecule has 1 saturated heterocycles. The Bertz CT molecular complexity index is 54.9. The first-order valence-electron chi connectivity index (χ1n) is 3.01. The minimum Gasteiger partial charge on any atom is -0.328 e. The van der Waals surface area contributed by atoms with E-state index in [1.54, 1.807) is 4.90 Å². The summed E-state index contributed by atoms with van der Waals surface area (Å²) in [6.07, 6.45) is 1.98. The summed E-state index contributed by atoms with van der Waals surface area (Å²) in [6.45, 7) is 1.70. The van der Waals surface area contributed by atoms with Gasteiger partial charge in [0.05, 0.1) is 7.05 Å². The van der Waals surface area contributed by atoms with Crippen molar-refractivity contribution < 1.29 is 0 Å². The van der Waals surface area contributed by atoms with Gasteiger partial charge in [-0.25, -0.2) is 0 Å². The Morgan fingerprint density at radius 2 is 1.88 bits per heavy atom. The van der Waals surface area contributed by atoms with Gasteiger partial charge in [-0.15, -0.1) is 0 Å². The molecular formula is C6H11N2. The van der Waals surface area contributed by atoms with Gasteiger partial charge in [0.15, 0.2) is 0 Å². The van der Waals surface area contributed by atoms with E-state index in [0.29, 0.717) is 6.04 Å². The Morgan fingerprint density at radius 1 is 1.38 bits per heavy atom. The van der Waals surface area contributed by atoms with Gasteiger partial charge in [0.25, 0.3) is 0 Å². The lowest BCUT2D eigenvalue weighted by molar-refractivity contribution is 0.281. The maximum atomic E-state index is 7.14. The molecule has 0 aliphatic carbocycles. The number of piperidine rings is 1.